The molecule has 1 atom stereocenters. The second-order valence-electron chi connectivity index (χ2n) is 6.79. The van der Waals surface area contributed by atoms with Crippen LogP contribution in [0.1, 0.15) is 5.56 Å². The minimum absolute atomic E-state index is 0.225. The van der Waals surface area contributed by atoms with Crippen LogP contribution in [0.4, 0.5) is 0 Å². The van der Waals surface area contributed by atoms with Crippen molar-refractivity contribution in [3.8, 4) is 11.5 Å². The fraction of sp³-hybridized carbons (Fsp3) is 0.375. The van der Waals surface area contributed by atoms with Crippen molar-refractivity contribution in [2.45, 2.75) is 38.2 Å². The highest BCUT2D eigenvalue weighted by atomic mass is 79.9. The van der Waals surface area contributed by atoms with Crippen molar-refractivity contribution in [1.29, 1.82) is 0 Å². The number of rotatable bonds is 2. The van der Waals surface area contributed by atoms with Gasteiger partial charge in [-0.2, -0.15) is 0 Å². The molecule has 4 heteroatoms. The van der Waals surface area contributed by atoms with Crippen LogP contribution in [-0.4, -0.2) is 19.3 Å². The van der Waals surface area contributed by atoms with Crippen molar-refractivity contribution >= 4 is 34.8 Å². The predicted molar refractivity (Wildman–Crippen MR) is 89.6 cm³/mol. The molecule has 0 aliphatic carbocycles. The summed E-state index contributed by atoms with van der Waals surface area (Å²) in [7, 11) is -1.16. The van der Waals surface area contributed by atoms with Gasteiger partial charge in [0.2, 0.25) is 0 Å². The zero-order valence-corrected chi connectivity index (χ0v) is 14.6. The van der Waals surface area contributed by atoms with Gasteiger partial charge < -0.3 is 9.84 Å². The third-order valence-electron chi connectivity index (χ3n) is 3.68. The molecule has 0 amide bonds. The van der Waals surface area contributed by atoms with Crippen LogP contribution >= 0.6 is 15.9 Å². The van der Waals surface area contributed by atoms with E-state index in [1.165, 1.54) is 0 Å². The Hall–Kier alpha value is -1.00. The van der Waals surface area contributed by atoms with Crippen LogP contribution in [0.25, 0.3) is 10.8 Å². The van der Waals surface area contributed by atoms with Gasteiger partial charge in [0.1, 0.15) is 6.10 Å². The van der Waals surface area contributed by atoms with Crippen molar-refractivity contribution in [3.63, 3.8) is 0 Å². The maximum absolute atomic E-state index is 10.4. The maximum atomic E-state index is 10.4. The molecule has 0 fully saturated rings. The minimum atomic E-state index is -1.16. The summed E-state index contributed by atoms with van der Waals surface area (Å²) in [6.45, 7) is 7.06. The number of phenolic OH excluding ortho intramolecular Hbond substituents is 1. The Morgan fingerprint density at radius 2 is 2.05 bits per heavy atom. The van der Waals surface area contributed by atoms with Crippen LogP contribution in [0.3, 0.4) is 0 Å². The third-order valence-corrected chi connectivity index (χ3v) is 5.85. The number of halogens is 1. The van der Waals surface area contributed by atoms with Gasteiger partial charge in [-0.3, -0.25) is 0 Å². The molecule has 1 N–H and O–H groups in total. The van der Waals surface area contributed by atoms with E-state index in [2.05, 4.69) is 41.6 Å². The van der Waals surface area contributed by atoms with Crippen LogP contribution < -0.4 is 4.74 Å². The molecule has 0 spiro atoms. The fourth-order valence-corrected chi connectivity index (χ4v) is 4.90. The van der Waals surface area contributed by atoms with Gasteiger partial charge in [-0.15, -0.1) is 0 Å². The second kappa shape index (κ2) is 4.78. The molecule has 1 unspecified atom stereocenters. The Labute approximate surface area is 128 Å². The topological polar surface area (TPSA) is 29.5 Å². The van der Waals surface area contributed by atoms with Gasteiger partial charge in [-0.05, 0) is 35.7 Å². The first-order valence-corrected chi connectivity index (χ1v) is 11.4. The summed E-state index contributed by atoms with van der Waals surface area (Å²) in [5, 5.41) is 12.4. The van der Waals surface area contributed by atoms with E-state index in [-0.39, 0.29) is 6.10 Å². The molecule has 2 aromatic rings. The molecular formula is C16H19BrO2Si. The van der Waals surface area contributed by atoms with Gasteiger partial charge in [0.05, 0.1) is 0 Å². The van der Waals surface area contributed by atoms with Crippen molar-refractivity contribution in [1.82, 2.24) is 0 Å². The van der Waals surface area contributed by atoms with Crippen molar-refractivity contribution < 1.29 is 9.84 Å². The molecule has 20 heavy (non-hydrogen) atoms. The van der Waals surface area contributed by atoms with Gasteiger partial charge in [-0.1, -0.05) is 35.6 Å². The van der Waals surface area contributed by atoms with E-state index in [9.17, 15) is 5.11 Å². The number of phenols is 1. The molecule has 0 bridgehead atoms. The lowest BCUT2D eigenvalue weighted by atomic mass is 10.0. The Kier molecular flexibility index (Phi) is 3.33. The van der Waals surface area contributed by atoms with Crippen molar-refractivity contribution in [2.24, 2.45) is 0 Å². The first-order valence-electron chi connectivity index (χ1n) is 6.94. The smallest absolute Gasteiger partial charge is 0.165 e. The quantitative estimate of drug-likeness (QED) is 0.776. The summed E-state index contributed by atoms with van der Waals surface area (Å²) in [5.74, 6) is 0.992. The molecule has 0 aromatic heterocycles. The van der Waals surface area contributed by atoms with E-state index in [1.807, 2.05) is 18.2 Å². The number of benzene rings is 2. The minimum Gasteiger partial charge on any atom is -0.504 e. The number of aromatic hydroxyl groups is 1. The lowest BCUT2D eigenvalue weighted by molar-refractivity contribution is 0.244. The molecule has 2 aromatic carbocycles. The fourth-order valence-electron chi connectivity index (χ4n) is 2.93. The summed E-state index contributed by atoms with van der Waals surface area (Å²) < 4.78 is 7.05. The van der Waals surface area contributed by atoms with E-state index in [0.29, 0.717) is 11.5 Å². The highest BCUT2D eigenvalue weighted by molar-refractivity contribution is 9.10. The molecule has 0 saturated heterocycles. The summed E-state index contributed by atoms with van der Waals surface area (Å²) >= 11 is 3.48. The molecule has 0 saturated carbocycles. The Balaban J connectivity index is 2.01. The monoisotopic (exact) mass is 350 g/mol. The highest BCUT2D eigenvalue weighted by Gasteiger charge is 2.30. The number of fused-ring (bicyclic) bond motifs is 2. The zero-order valence-electron chi connectivity index (χ0n) is 12.0. The van der Waals surface area contributed by atoms with Crippen LogP contribution in [0.15, 0.2) is 28.7 Å². The Bertz CT molecular complexity index is 676. The average molecular weight is 351 g/mol. The van der Waals surface area contributed by atoms with Crippen LogP contribution in [0.2, 0.25) is 25.7 Å². The summed E-state index contributed by atoms with van der Waals surface area (Å²) in [4.78, 5) is 0. The van der Waals surface area contributed by atoms with Crippen molar-refractivity contribution in [2.75, 3.05) is 0 Å². The van der Waals surface area contributed by atoms with Gasteiger partial charge in [0, 0.05) is 29.9 Å². The molecule has 3 rings (SSSR count). The number of hydrogen-bond donors (Lipinski definition) is 1. The van der Waals surface area contributed by atoms with E-state index in [0.717, 1.165) is 33.3 Å². The SMILES string of the molecule is C[Si](C)(C)CC1Cc2cc3cc(Br)ccc3c(O)c2O1. The molecule has 106 valence electrons. The average Bonchev–Trinajstić information content (AvgIpc) is 2.69. The number of ether oxygens (including phenoxy) is 1. The van der Waals surface area contributed by atoms with Gasteiger partial charge in [0.25, 0.3) is 0 Å². The van der Waals surface area contributed by atoms with E-state index >= 15 is 0 Å². The maximum Gasteiger partial charge on any atom is 0.165 e. The van der Waals surface area contributed by atoms with E-state index in [4.69, 9.17) is 4.74 Å². The van der Waals surface area contributed by atoms with Crippen molar-refractivity contribution in [3.05, 3.63) is 34.3 Å². The third kappa shape index (κ3) is 2.59. The molecule has 1 aliphatic heterocycles. The molecule has 1 aliphatic rings. The van der Waals surface area contributed by atoms with Gasteiger partial charge in [-0.25, -0.2) is 0 Å². The normalized spacial score (nSPS) is 18.1. The summed E-state index contributed by atoms with van der Waals surface area (Å²) in [6.07, 6.45) is 1.14. The first-order chi connectivity index (χ1) is 9.33. The molecular weight excluding hydrogens is 332 g/mol. The second-order valence-corrected chi connectivity index (χ2v) is 13.2. The largest absolute Gasteiger partial charge is 0.504 e. The summed E-state index contributed by atoms with van der Waals surface area (Å²) in [5.41, 5.74) is 1.14. The Morgan fingerprint density at radius 1 is 1.30 bits per heavy atom. The van der Waals surface area contributed by atoms with E-state index < -0.39 is 8.07 Å². The van der Waals surface area contributed by atoms with Gasteiger partial charge in [0.15, 0.2) is 11.5 Å². The van der Waals surface area contributed by atoms with Crippen LogP contribution in [0.5, 0.6) is 11.5 Å². The van der Waals surface area contributed by atoms with Gasteiger partial charge >= 0.3 is 0 Å². The number of hydrogen-bond acceptors (Lipinski definition) is 2. The van der Waals surface area contributed by atoms with Crippen LogP contribution in [-0.2, 0) is 6.42 Å². The first kappa shape index (κ1) is 14.0. The standard InChI is InChI=1S/C16H19BrO2Si/c1-20(2,3)9-13-8-11-6-10-7-12(17)4-5-14(10)15(18)16(11)19-13/h4-7,13,18H,8-9H2,1-3H3. The summed E-state index contributed by atoms with van der Waals surface area (Å²) in [6, 6.07) is 9.20. The van der Waals surface area contributed by atoms with Crippen LogP contribution in [0, 0.1) is 0 Å². The lowest BCUT2D eigenvalue weighted by Gasteiger charge is -2.20. The van der Waals surface area contributed by atoms with E-state index in [1.54, 1.807) is 0 Å². The molecule has 1 heterocycles. The Morgan fingerprint density at radius 3 is 2.75 bits per heavy atom. The highest BCUT2D eigenvalue weighted by Crippen LogP contribution is 2.44. The molecule has 2 nitrogen and oxygen atoms in total. The predicted octanol–water partition coefficient (Wildman–Crippen LogP) is 4.95. The lowest BCUT2D eigenvalue weighted by Crippen LogP contribution is -2.29. The molecule has 0 radical (unpaired) electrons. The zero-order chi connectivity index (χ0) is 14.5.